The number of carbonyl (C=O) groups is 1. The van der Waals surface area contributed by atoms with E-state index in [2.05, 4.69) is 5.32 Å². The molecule has 0 aliphatic carbocycles. The number of rotatable bonds is 5. The molecule has 2 aliphatic heterocycles. The second-order valence-electron chi connectivity index (χ2n) is 6.62. The summed E-state index contributed by atoms with van der Waals surface area (Å²) in [6.07, 6.45) is 1.69. The lowest BCUT2D eigenvalue weighted by molar-refractivity contribution is 0.0950. The van der Waals surface area contributed by atoms with Gasteiger partial charge in [-0.2, -0.15) is 4.31 Å². The third-order valence-electron chi connectivity index (χ3n) is 4.78. The van der Waals surface area contributed by atoms with E-state index in [4.69, 9.17) is 21.1 Å². The normalized spacial score (nSPS) is 16.3. The van der Waals surface area contributed by atoms with Crippen molar-refractivity contribution in [2.75, 3.05) is 19.9 Å². The third-order valence-corrected chi connectivity index (χ3v) is 7.00. The highest BCUT2D eigenvalue weighted by atomic mass is 35.5. The van der Waals surface area contributed by atoms with Crippen molar-refractivity contribution < 1.29 is 22.7 Å². The van der Waals surface area contributed by atoms with Gasteiger partial charge in [0.15, 0.2) is 11.5 Å². The number of halogens is 1. The molecule has 0 spiro atoms. The number of ether oxygens (including phenoxy) is 2. The molecule has 1 saturated heterocycles. The summed E-state index contributed by atoms with van der Waals surface area (Å²) in [5, 5.41) is 2.97. The van der Waals surface area contributed by atoms with E-state index < -0.39 is 15.9 Å². The third kappa shape index (κ3) is 3.67. The van der Waals surface area contributed by atoms with E-state index in [0.717, 1.165) is 18.4 Å². The van der Waals surface area contributed by atoms with Crippen molar-refractivity contribution in [2.45, 2.75) is 24.3 Å². The van der Waals surface area contributed by atoms with E-state index in [-0.39, 0.29) is 28.8 Å². The van der Waals surface area contributed by atoms with Crippen LogP contribution in [-0.4, -0.2) is 38.5 Å². The Bertz CT molecular complexity index is 1020. The van der Waals surface area contributed by atoms with Gasteiger partial charge in [0, 0.05) is 19.6 Å². The first-order valence-electron chi connectivity index (χ1n) is 8.91. The van der Waals surface area contributed by atoms with Crippen LogP contribution in [0.25, 0.3) is 0 Å². The first-order valence-corrected chi connectivity index (χ1v) is 10.7. The molecule has 2 aromatic carbocycles. The summed E-state index contributed by atoms with van der Waals surface area (Å²) in [4.78, 5) is 12.7. The lowest BCUT2D eigenvalue weighted by atomic mass is 10.1. The van der Waals surface area contributed by atoms with Crippen LogP contribution in [0.15, 0.2) is 41.3 Å². The van der Waals surface area contributed by atoms with Crippen molar-refractivity contribution >= 4 is 27.5 Å². The molecule has 2 aliphatic rings. The molecule has 148 valence electrons. The van der Waals surface area contributed by atoms with Crippen LogP contribution in [0.2, 0.25) is 5.02 Å². The van der Waals surface area contributed by atoms with E-state index in [9.17, 15) is 13.2 Å². The van der Waals surface area contributed by atoms with Crippen molar-refractivity contribution in [1.29, 1.82) is 0 Å². The SMILES string of the molecule is O=C(NCc1ccc2c(c1)OCO2)c1cc(S(=O)(=O)N2CCCC2)ccc1Cl. The summed E-state index contributed by atoms with van der Waals surface area (Å²) in [5.41, 5.74) is 0.956. The predicted molar refractivity (Wildman–Crippen MR) is 103 cm³/mol. The topological polar surface area (TPSA) is 84.9 Å². The van der Waals surface area contributed by atoms with E-state index in [1.54, 1.807) is 12.1 Å². The second kappa shape index (κ2) is 7.62. The second-order valence-corrected chi connectivity index (χ2v) is 8.97. The van der Waals surface area contributed by atoms with Crippen LogP contribution in [0.1, 0.15) is 28.8 Å². The molecule has 0 bridgehead atoms. The first-order chi connectivity index (χ1) is 13.4. The molecule has 0 radical (unpaired) electrons. The molecule has 0 atom stereocenters. The average molecular weight is 423 g/mol. The molecule has 0 aromatic heterocycles. The number of sulfonamides is 1. The summed E-state index contributed by atoms with van der Waals surface area (Å²) >= 11 is 6.15. The van der Waals surface area contributed by atoms with Crippen LogP contribution >= 0.6 is 11.6 Å². The standard InChI is InChI=1S/C19H19ClN2O5S/c20-16-5-4-14(28(24,25)22-7-1-2-8-22)10-15(16)19(23)21-11-13-3-6-17-18(9-13)27-12-26-17/h3-6,9-10H,1-2,7-8,11-12H2,(H,21,23). The zero-order valence-electron chi connectivity index (χ0n) is 15.0. The van der Waals surface area contributed by atoms with Crippen molar-refractivity contribution in [3.63, 3.8) is 0 Å². The number of hydrogen-bond donors (Lipinski definition) is 1. The predicted octanol–water partition coefficient (Wildman–Crippen LogP) is 2.78. The quantitative estimate of drug-likeness (QED) is 0.800. The highest BCUT2D eigenvalue weighted by Crippen LogP contribution is 2.32. The highest BCUT2D eigenvalue weighted by Gasteiger charge is 2.28. The number of fused-ring (bicyclic) bond motifs is 1. The fourth-order valence-electron chi connectivity index (χ4n) is 3.24. The van der Waals surface area contributed by atoms with Crippen molar-refractivity contribution in [2.24, 2.45) is 0 Å². The highest BCUT2D eigenvalue weighted by molar-refractivity contribution is 7.89. The maximum Gasteiger partial charge on any atom is 0.253 e. The lowest BCUT2D eigenvalue weighted by Gasteiger charge is -2.16. The van der Waals surface area contributed by atoms with Crippen LogP contribution in [0, 0.1) is 0 Å². The van der Waals surface area contributed by atoms with Crippen molar-refractivity contribution in [1.82, 2.24) is 9.62 Å². The fraction of sp³-hybridized carbons (Fsp3) is 0.316. The largest absolute Gasteiger partial charge is 0.454 e. The van der Waals surface area contributed by atoms with Crippen molar-refractivity contribution in [3.8, 4) is 11.5 Å². The molecular weight excluding hydrogens is 404 g/mol. The Hall–Kier alpha value is -2.29. The summed E-state index contributed by atoms with van der Waals surface area (Å²) in [6.45, 7) is 1.42. The minimum atomic E-state index is -3.62. The number of carbonyl (C=O) groups excluding carboxylic acids is 1. The summed E-state index contributed by atoms with van der Waals surface area (Å²) in [7, 11) is -3.62. The van der Waals surface area contributed by atoms with Crippen molar-refractivity contribution in [3.05, 3.63) is 52.5 Å². The van der Waals surface area contributed by atoms with Gasteiger partial charge in [-0.25, -0.2) is 8.42 Å². The van der Waals surface area contributed by atoms with Gasteiger partial charge in [-0.1, -0.05) is 17.7 Å². The molecule has 2 aromatic rings. The summed E-state index contributed by atoms with van der Waals surface area (Å²) in [6, 6.07) is 9.61. The maximum absolute atomic E-state index is 12.7. The maximum atomic E-state index is 12.7. The number of benzene rings is 2. The van der Waals surface area contributed by atoms with E-state index in [0.29, 0.717) is 24.6 Å². The number of nitrogens with zero attached hydrogens (tertiary/aromatic N) is 1. The van der Waals surface area contributed by atoms with E-state index in [1.807, 2.05) is 6.07 Å². The Kier molecular flexibility index (Phi) is 5.18. The smallest absolute Gasteiger partial charge is 0.253 e. The molecule has 1 fully saturated rings. The Morgan fingerprint density at radius 3 is 2.61 bits per heavy atom. The number of hydrogen-bond acceptors (Lipinski definition) is 5. The molecule has 1 amide bonds. The number of nitrogens with one attached hydrogen (secondary N) is 1. The van der Waals surface area contributed by atoms with Gasteiger partial charge in [-0.05, 0) is 48.7 Å². The fourth-order valence-corrected chi connectivity index (χ4v) is 4.99. The van der Waals surface area contributed by atoms with Gasteiger partial charge in [-0.15, -0.1) is 0 Å². The molecule has 4 rings (SSSR count). The van der Waals surface area contributed by atoms with Crippen LogP contribution in [0.4, 0.5) is 0 Å². The minimum Gasteiger partial charge on any atom is -0.454 e. The zero-order chi connectivity index (χ0) is 19.7. The molecule has 0 unspecified atom stereocenters. The van der Waals surface area contributed by atoms with Gasteiger partial charge >= 0.3 is 0 Å². The Balaban J connectivity index is 1.51. The Labute approximate surface area is 168 Å². The Morgan fingerprint density at radius 1 is 1.07 bits per heavy atom. The van der Waals surface area contributed by atoms with Crippen LogP contribution in [-0.2, 0) is 16.6 Å². The van der Waals surface area contributed by atoms with Gasteiger partial charge in [0.25, 0.3) is 5.91 Å². The van der Waals surface area contributed by atoms with E-state index in [1.165, 1.54) is 22.5 Å². The molecular formula is C19H19ClN2O5S. The molecule has 28 heavy (non-hydrogen) atoms. The van der Waals surface area contributed by atoms with Crippen LogP contribution < -0.4 is 14.8 Å². The lowest BCUT2D eigenvalue weighted by Crippen LogP contribution is -2.28. The van der Waals surface area contributed by atoms with Gasteiger partial charge in [0.1, 0.15) is 0 Å². The molecule has 1 N–H and O–H groups in total. The minimum absolute atomic E-state index is 0.0760. The Morgan fingerprint density at radius 2 is 1.82 bits per heavy atom. The van der Waals surface area contributed by atoms with Gasteiger partial charge in [0.2, 0.25) is 16.8 Å². The number of amides is 1. The molecule has 7 nitrogen and oxygen atoms in total. The molecule has 2 heterocycles. The van der Waals surface area contributed by atoms with Gasteiger partial charge < -0.3 is 14.8 Å². The van der Waals surface area contributed by atoms with Crippen LogP contribution in [0.3, 0.4) is 0 Å². The molecule has 9 heteroatoms. The molecule has 0 saturated carbocycles. The summed E-state index contributed by atoms with van der Waals surface area (Å²) in [5.74, 6) is 0.850. The van der Waals surface area contributed by atoms with Gasteiger partial charge in [0.05, 0.1) is 15.5 Å². The van der Waals surface area contributed by atoms with Crippen LogP contribution in [0.5, 0.6) is 11.5 Å². The summed E-state index contributed by atoms with van der Waals surface area (Å²) < 4.78 is 37.5. The van der Waals surface area contributed by atoms with Gasteiger partial charge in [-0.3, -0.25) is 4.79 Å². The van der Waals surface area contributed by atoms with E-state index >= 15 is 0 Å². The monoisotopic (exact) mass is 422 g/mol. The first kappa shape index (κ1) is 19.0. The average Bonchev–Trinajstić information content (AvgIpc) is 3.37. The zero-order valence-corrected chi connectivity index (χ0v) is 16.6.